The van der Waals surface area contributed by atoms with Gasteiger partial charge in [0.1, 0.15) is 12.1 Å². The molecule has 0 aliphatic rings. The van der Waals surface area contributed by atoms with Crippen LogP contribution in [0.3, 0.4) is 0 Å². The van der Waals surface area contributed by atoms with Crippen molar-refractivity contribution in [2.24, 2.45) is 11.5 Å². The van der Waals surface area contributed by atoms with Gasteiger partial charge in [-0.2, -0.15) is 0 Å². The summed E-state index contributed by atoms with van der Waals surface area (Å²) in [4.78, 5) is 44.2. The smallest absolute Gasteiger partial charge is 0.246 e. The summed E-state index contributed by atoms with van der Waals surface area (Å²) in [6.07, 6.45) is 7.02. The van der Waals surface area contributed by atoms with Crippen LogP contribution in [0.1, 0.15) is 50.7 Å². The molecular weight excluding hydrogens is 550 g/mol. The minimum Gasteiger partial charge on any atom is -0.354 e. The molecule has 44 heavy (non-hydrogen) atoms. The highest BCUT2D eigenvalue weighted by atomic mass is 16.2. The quantitative estimate of drug-likeness (QED) is 0.168. The minimum absolute atomic E-state index is 0.221. The molecule has 0 aliphatic heterocycles. The van der Waals surface area contributed by atoms with E-state index in [1.807, 2.05) is 80.6 Å². The SMILES string of the molecule is CN(C(=O)C=CCC(C)(C)N)[C@H](Cc1ccc2ccccc2c1)C(=O)N(C)[C@H](Cc1ccccc1)C(=O)NCCCCCN. The van der Waals surface area contributed by atoms with Gasteiger partial charge in [-0.3, -0.25) is 14.4 Å². The minimum atomic E-state index is -0.833. The number of benzene rings is 3. The van der Waals surface area contributed by atoms with Crippen molar-refractivity contribution in [2.45, 2.75) is 70.0 Å². The van der Waals surface area contributed by atoms with E-state index >= 15 is 0 Å². The molecule has 0 spiro atoms. The first-order valence-electron chi connectivity index (χ1n) is 15.5. The van der Waals surface area contributed by atoms with Gasteiger partial charge in [0.05, 0.1) is 0 Å². The Kier molecular flexibility index (Phi) is 13.1. The number of carbonyl (C=O) groups is 3. The van der Waals surface area contributed by atoms with Crippen LogP contribution in [0.5, 0.6) is 0 Å². The van der Waals surface area contributed by atoms with Crippen molar-refractivity contribution in [3.05, 3.63) is 96.1 Å². The van der Waals surface area contributed by atoms with Crippen molar-refractivity contribution in [1.82, 2.24) is 15.1 Å². The monoisotopic (exact) mass is 599 g/mol. The van der Waals surface area contributed by atoms with Crippen LogP contribution >= 0.6 is 0 Å². The zero-order valence-corrected chi connectivity index (χ0v) is 26.7. The molecule has 0 heterocycles. The van der Waals surface area contributed by atoms with E-state index in [2.05, 4.69) is 11.4 Å². The molecule has 0 bridgehead atoms. The van der Waals surface area contributed by atoms with Gasteiger partial charge in [0.2, 0.25) is 17.7 Å². The molecule has 236 valence electrons. The normalized spacial score (nSPS) is 13.0. The van der Waals surface area contributed by atoms with Crippen molar-refractivity contribution < 1.29 is 14.4 Å². The van der Waals surface area contributed by atoms with E-state index < -0.39 is 17.6 Å². The van der Waals surface area contributed by atoms with Gasteiger partial charge < -0.3 is 26.6 Å². The van der Waals surface area contributed by atoms with Crippen LogP contribution in [0.25, 0.3) is 10.8 Å². The largest absolute Gasteiger partial charge is 0.354 e. The van der Waals surface area contributed by atoms with Crippen molar-refractivity contribution >= 4 is 28.5 Å². The highest BCUT2D eigenvalue weighted by molar-refractivity contribution is 5.95. The van der Waals surface area contributed by atoms with Crippen LogP contribution < -0.4 is 16.8 Å². The van der Waals surface area contributed by atoms with Gasteiger partial charge in [-0.05, 0) is 67.6 Å². The Hall–Kier alpha value is -4.01. The van der Waals surface area contributed by atoms with Crippen LogP contribution in [0.2, 0.25) is 0 Å². The van der Waals surface area contributed by atoms with Crippen LogP contribution in [0, 0.1) is 0 Å². The van der Waals surface area contributed by atoms with E-state index in [0.717, 1.165) is 41.2 Å². The fourth-order valence-electron chi connectivity index (χ4n) is 5.12. The third-order valence-corrected chi connectivity index (χ3v) is 7.82. The molecule has 0 radical (unpaired) electrons. The summed E-state index contributed by atoms with van der Waals surface area (Å²) in [5.74, 6) is -0.826. The second-order valence-electron chi connectivity index (χ2n) is 12.2. The first-order chi connectivity index (χ1) is 21.0. The molecule has 0 saturated heterocycles. The number of nitrogens with zero attached hydrogens (tertiary/aromatic N) is 2. The summed E-state index contributed by atoms with van der Waals surface area (Å²) in [5.41, 5.74) is 13.1. The molecule has 0 saturated carbocycles. The molecule has 8 heteroatoms. The molecule has 5 N–H and O–H groups in total. The topological polar surface area (TPSA) is 122 Å². The lowest BCUT2D eigenvalue weighted by Gasteiger charge is -2.34. The molecule has 0 fully saturated rings. The number of nitrogens with one attached hydrogen (secondary N) is 1. The van der Waals surface area contributed by atoms with Crippen LogP contribution in [-0.4, -0.2) is 72.3 Å². The summed E-state index contributed by atoms with van der Waals surface area (Å²) in [6, 6.07) is 22.2. The van der Waals surface area contributed by atoms with Gasteiger partial charge in [-0.1, -0.05) is 85.3 Å². The molecule has 2 atom stereocenters. The first-order valence-corrected chi connectivity index (χ1v) is 15.5. The second kappa shape index (κ2) is 16.7. The first kappa shape index (κ1) is 34.5. The van der Waals surface area contributed by atoms with Crippen LogP contribution in [0.15, 0.2) is 84.9 Å². The molecule has 3 rings (SSSR count). The molecule has 0 aliphatic carbocycles. The van der Waals surface area contributed by atoms with E-state index in [1.54, 1.807) is 20.2 Å². The predicted octanol–water partition coefficient (Wildman–Crippen LogP) is 4.21. The van der Waals surface area contributed by atoms with Crippen LogP contribution in [0.4, 0.5) is 0 Å². The third-order valence-electron chi connectivity index (χ3n) is 7.82. The number of rotatable bonds is 16. The van der Waals surface area contributed by atoms with Crippen molar-refractivity contribution in [3.8, 4) is 0 Å². The van der Waals surface area contributed by atoms with Gasteiger partial charge in [0.25, 0.3) is 0 Å². The lowest BCUT2D eigenvalue weighted by Crippen LogP contribution is -2.56. The van der Waals surface area contributed by atoms with E-state index in [0.29, 0.717) is 32.4 Å². The van der Waals surface area contributed by atoms with Gasteiger partial charge in [0.15, 0.2) is 0 Å². The Balaban J connectivity index is 1.91. The number of fused-ring (bicyclic) bond motifs is 1. The molecule has 3 aromatic carbocycles. The van der Waals surface area contributed by atoms with Gasteiger partial charge in [-0.25, -0.2) is 0 Å². The Labute approximate surface area is 262 Å². The molecular formula is C36H49N5O3. The number of hydrogen-bond acceptors (Lipinski definition) is 5. The zero-order valence-electron chi connectivity index (χ0n) is 26.7. The summed E-state index contributed by atoms with van der Waals surface area (Å²) in [7, 11) is 3.30. The maximum absolute atomic E-state index is 14.3. The number of nitrogens with two attached hydrogens (primary N) is 2. The van der Waals surface area contributed by atoms with E-state index in [1.165, 1.54) is 15.9 Å². The summed E-state index contributed by atoms with van der Waals surface area (Å²) in [6.45, 7) is 4.91. The molecule has 3 aromatic rings. The lowest BCUT2D eigenvalue weighted by molar-refractivity contribution is -0.146. The Morgan fingerprint density at radius 1 is 0.818 bits per heavy atom. The molecule has 0 unspecified atom stereocenters. The standard InChI is InChI=1S/C36H49N5O3/c1-36(2,38)21-13-18-33(42)40(3)32(26-28-19-20-29-16-9-10-17-30(29)24-28)35(44)41(4)31(25-27-14-7-5-8-15-27)34(43)39-23-12-6-11-22-37/h5,7-10,13-20,24,31-32H,6,11-12,21-23,25-26,37-38H2,1-4H3,(H,39,43)/t31-,32-/m1/s1. The maximum atomic E-state index is 14.3. The number of carbonyl (C=O) groups excluding carboxylic acids is 3. The number of likely N-dealkylation sites (N-methyl/N-ethyl adjacent to an activating group) is 2. The fraction of sp³-hybridized carbons (Fsp3) is 0.417. The van der Waals surface area contributed by atoms with Gasteiger partial charge in [-0.15, -0.1) is 0 Å². The Morgan fingerprint density at radius 2 is 1.48 bits per heavy atom. The average molecular weight is 600 g/mol. The van der Waals surface area contributed by atoms with Gasteiger partial charge in [0, 0.05) is 39.0 Å². The molecule has 8 nitrogen and oxygen atoms in total. The highest BCUT2D eigenvalue weighted by Gasteiger charge is 2.34. The van der Waals surface area contributed by atoms with E-state index in [4.69, 9.17) is 11.5 Å². The van der Waals surface area contributed by atoms with E-state index in [9.17, 15) is 14.4 Å². The maximum Gasteiger partial charge on any atom is 0.246 e. The van der Waals surface area contributed by atoms with Crippen LogP contribution in [-0.2, 0) is 27.2 Å². The zero-order chi connectivity index (χ0) is 32.1. The summed E-state index contributed by atoms with van der Waals surface area (Å²) >= 11 is 0. The Morgan fingerprint density at radius 3 is 2.16 bits per heavy atom. The predicted molar refractivity (Wildman–Crippen MR) is 179 cm³/mol. The molecule has 3 amide bonds. The number of hydrogen-bond donors (Lipinski definition) is 3. The molecule has 0 aromatic heterocycles. The second-order valence-corrected chi connectivity index (χ2v) is 12.2. The van der Waals surface area contributed by atoms with Crippen molar-refractivity contribution in [1.29, 1.82) is 0 Å². The number of amides is 3. The van der Waals surface area contributed by atoms with Crippen molar-refractivity contribution in [2.75, 3.05) is 27.2 Å². The Bertz CT molecular complexity index is 1400. The van der Waals surface area contributed by atoms with E-state index in [-0.39, 0.29) is 17.7 Å². The van der Waals surface area contributed by atoms with Crippen molar-refractivity contribution in [3.63, 3.8) is 0 Å². The summed E-state index contributed by atoms with van der Waals surface area (Å²) in [5, 5.41) is 5.17. The fourth-order valence-corrected chi connectivity index (χ4v) is 5.12. The lowest BCUT2D eigenvalue weighted by atomic mass is 9.98. The summed E-state index contributed by atoms with van der Waals surface area (Å²) < 4.78 is 0. The average Bonchev–Trinajstić information content (AvgIpc) is 3.01. The third kappa shape index (κ3) is 10.6. The van der Waals surface area contributed by atoms with Gasteiger partial charge >= 0.3 is 0 Å². The number of unbranched alkanes of at least 4 members (excludes halogenated alkanes) is 2. The highest BCUT2D eigenvalue weighted by Crippen LogP contribution is 2.20.